The maximum Gasteiger partial charge on any atom is 0.328 e. The molecule has 0 fully saturated rings. The first-order valence-corrected chi connectivity index (χ1v) is 8.86. The largest absolute Gasteiger partial charge is 0.497 e. The highest BCUT2D eigenvalue weighted by Crippen LogP contribution is 2.22. The molecule has 144 valence electrons. The van der Waals surface area contributed by atoms with Gasteiger partial charge in [-0.15, -0.1) is 0 Å². The minimum atomic E-state index is -0.766. The molecule has 2 aromatic rings. The molecule has 27 heavy (non-hydrogen) atoms. The van der Waals surface area contributed by atoms with Gasteiger partial charge in [-0.2, -0.15) is 0 Å². The number of hydrogen-bond acceptors (Lipinski definition) is 4. The van der Waals surface area contributed by atoms with E-state index >= 15 is 0 Å². The Kier molecular flexibility index (Phi) is 6.61. The minimum Gasteiger partial charge on any atom is -0.497 e. The lowest BCUT2D eigenvalue weighted by atomic mass is 9.86. The van der Waals surface area contributed by atoms with Gasteiger partial charge >= 0.3 is 5.97 Å². The number of carbonyl (C=O) groups excluding carboxylic acids is 2. The highest BCUT2D eigenvalue weighted by atomic mass is 16.5. The number of carbonyl (C=O) groups is 2. The van der Waals surface area contributed by atoms with E-state index in [0.29, 0.717) is 12.0 Å². The van der Waals surface area contributed by atoms with Crippen molar-refractivity contribution >= 4 is 11.9 Å². The zero-order valence-corrected chi connectivity index (χ0v) is 16.5. The fraction of sp³-hybridized carbons (Fsp3) is 0.364. The number of nitrogens with one attached hydrogen (secondary N) is 1. The van der Waals surface area contributed by atoms with Crippen molar-refractivity contribution in [3.05, 3.63) is 65.2 Å². The van der Waals surface area contributed by atoms with E-state index in [4.69, 9.17) is 9.47 Å². The van der Waals surface area contributed by atoms with Gasteiger partial charge in [0, 0.05) is 12.0 Å². The summed E-state index contributed by atoms with van der Waals surface area (Å²) in [5.74, 6) is -0.0545. The molecule has 0 spiro atoms. The second-order valence-corrected chi connectivity index (χ2v) is 7.43. The first-order valence-electron chi connectivity index (χ1n) is 8.86. The molecule has 2 rings (SSSR count). The average molecular weight is 369 g/mol. The van der Waals surface area contributed by atoms with E-state index in [1.165, 1.54) is 7.11 Å². The molecule has 0 aliphatic carbocycles. The molecule has 0 heterocycles. The summed E-state index contributed by atoms with van der Waals surface area (Å²) in [6, 6.07) is 14.0. The highest BCUT2D eigenvalue weighted by Gasteiger charge is 2.23. The summed E-state index contributed by atoms with van der Waals surface area (Å²) < 4.78 is 9.99. The van der Waals surface area contributed by atoms with Crippen molar-refractivity contribution in [2.24, 2.45) is 0 Å². The molecule has 0 bridgehead atoms. The van der Waals surface area contributed by atoms with Crippen molar-refractivity contribution in [3.8, 4) is 5.75 Å². The molecular weight excluding hydrogens is 342 g/mol. The van der Waals surface area contributed by atoms with E-state index in [9.17, 15) is 9.59 Å². The maximum atomic E-state index is 12.6. The number of methoxy groups -OCH3 is 2. The van der Waals surface area contributed by atoms with Crippen LogP contribution in [0.5, 0.6) is 5.75 Å². The van der Waals surface area contributed by atoms with E-state index in [1.807, 2.05) is 36.4 Å². The summed E-state index contributed by atoms with van der Waals surface area (Å²) in [4.78, 5) is 24.7. The molecule has 1 amide bonds. The summed E-state index contributed by atoms with van der Waals surface area (Å²) >= 11 is 0. The predicted octanol–water partition coefficient (Wildman–Crippen LogP) is 3.51. The number of rotatable bonds is 6. The smallest absolute Gasteiger partial charge is 0.328 e. The first-order chi connectivity index (χ1) is 12.7. The van der Waals surface area contributed by atoms with E-state index in [0.717, 1.165) is 16.9 Å². The van der Waals surface area contributed by atoms with Gasteiger partial charge < -0.3 is 14.8 Å². The van der Waals surface area contributed by atoms with Gasteiger partial charge in [-0.3, -0.25) is 4.79 Å². The Bertz CT molecular complexity index is 773. The van der Waals surface area contributed by atoms with Crippen molar-refractivity contribution < 1.29 is 19.1 Å². The van der Waals surface area contributed by atoms with Crippen LogP contribution in [0.1, 0.15) is 42.3 Å². The maximum absolute atomic E-state index is 12.6. The molecule has 0 aliphatic heterocycles. The van der Waals surface area contributed by atoms with Crippen LogP contribution in [-0.2, 0) is 21.4 Å². The Labute approximate surface area is 160 Å². The third kappa shape index (κ3) is 5.58. The number of benzene rings is 2. The van der Waals surface area contributed by atoms with Crippen LogP contribution in [-0.4, -0.2) is 32.1 Å². The third-order valence-corrected chi connectivity index (χ3v) is 4.40. The average Bonchev–Trinajstić information content (AvgIpc) is 2.66. The van der Waals surface area contributed by atoms with Gasteiger partial charge in [0.25, 0.3) is 5.91 Å². The van der Waals surface area contributed by atoms with Crippen molar-refractivity contribution in [2.45, 2.75) is 38.6 Å². The van der Waals surface area contributed by atoms with Crippen LogP contribution >= 0.6 is 0 Å². The molecular formula is C22H27NO4. The summed E-state index contributed by atoms with van der Waals surface area (Å²) in [5, 5.41) is 2.77. The molecule has 1 atom stereocenters. The molecule has 2 aromatic carbocycles. The lowest BCUT2D eigenvalue weighted by Gasteiger charge is -2.20. The van der Waals surface area contributed by atoms with E-state index in [2.05, 4.69) is 26.1 Å². The van der Waals surface area contributed by atoms with Crippen LogP contribution in [0, 0.1) is 0 Å². The quantitative estimate of drug-likeness (QED) is 0.792. The standard InChI is InChI=1S/C22H27NO4/c1-22(2,3)17-10-8-16(9-11-17)20(24)23-19(21(25)27-5)14-15-6-12-18(26-4)13-7-15/h6-13,19H,14H2,1-5H3,(H,23,24)/t19-/m1/s1. The molecule has 5 nitrogen and oxygen atoms in total. The van der Waals surface area contributed by atoms with Crippen molar-refractivity contribution in [1.82, 2.24) is 5.32 Å². The van der Waals surface area contributed by atoms with Gasteiger partial charge in [0.1, 0.15) is 11.8 Å². The lowest BCUT2D eigenvalue weighted by molar-refractivity contribution is -0.142. The van der Waals surface area contributed by atoms with Crippen LogP contribution in [0.3, 0.4) is 0 Å². The number of hydrogen-bond donors (Lipinski definition) is 1. The second kappa shape index (κ2) is 8.71. The second-order valence-electron chi connectivity index (χ2n) is 7.43. The topological polar surface area (TPSA) is 64.6 Å². The van der Waals surface area contributed by atoms with Crippen LogP contribution in [0.2, 0.25) is 0 Å². The molecule has 1 N–H and O–H groups in total. The van der Waals surface area contributed by atoms with Crippen molar-refractivity contribution in [1.29, 1.82) is 0 Å². The predicted molar refractivity (Wildman–Crippen MR) is 105 cm³/mol. The Morgan fingerprint density at radius 3 is 2.04 bits per heavy atom. The zero-order valence-electron chi connectivity index (χ0n) is 16.5. The Hall–Kier alpha value is -2.82. The Balaban J connectivity index is 2.12. The lowest BCUT2D eigenvalue weighted by Crippen LogP contribution is -2.43. The zero-order chi connectivity index (χ0) is 20.0. The van der Waals surface area contributed by atoms with Crippen molar-refractivity contribution in [2.75, 3.05) is 14.2 Å². The summed E-state index contributed by atoms with van der Waals surface area (Å²) in [6.45, 7) is 6.35. The van der Waals surface area contributed by atoms with Crippen LogP contribution < -0.4 is 10.1 Å². The number of esters is 1. The van der Waals surface area contributed by atoms with Gasteiger partial charge in [-0.05, 0) is 40.8 Å². The number of ether oxygens (including phenoxy) is 2. The molecule has 5 heteroatoms. The van der Waals surface area contributed by atoms with Gasteiger partial charge in [0.05, 0.1) is 14.2 Å². The minimum absolute atomic E-state index is 0.0118. The molecule has 0 radical (unpaired) electrons. The van der Waals surface area contributed by atoms with Gasteiger partial charge in [0.2, 0.25) is 0 Å². The highest BCUT2D eigenvalue weighted by molar-refractivity contribution is 5.96. The van der Waals surface area contributed by atoms with E-state index < -0.39 is 12.0 Å². The normalized spacial score (nSPS) is 12.2. The Morgan fingerprint density at radius 2 is 1.56 bits per heavy atom. The first kappa shape index (κ1) is 20.5. The molecule has 0 aromatic heterocycles. The summed E-state index contributed by atoms with van der Waals surface area (Å²) in [6.07, 6.45) is 0.336. The van der Waals surface area contributed by atoms with Crippen LogP contribution in [0.25, 0.3) is 0 Å². The summed E-state index contributed by atoms with van der Waals surface area (Å²) in [7, 11) is 2.91. The van der Waals surface area contributed by atoms with Crippen LogP contribution in [0.4, 0.5) is 0 Å². The third-order valence-electron chi connectivity index (χ3n) is 4.40. The molecule has 0 aliphatic rings. The van der Waals surface area contributed by atoms with Gasteiger partial charge in [-0.1, -0.05) is 45.0 Å². The van der Waals surface area contributed by atoms with E-state index in [1.54, 1.807) is 19.2 Å². The van der Waals surface area contributed by atoms with E-state index in [-0.39, 0.29) is 11.3 Å². The number of amides is 1. The van der Waals surface area contributed by atoms with Gasteiger partial charge in [0.15, 0.2) is 0 Å². The van der Waals surface area contributed by atoms with Crippen molar-refractivity contribution in [3.63, 3.8) is 0 Å². The molecule has 0 saturated heterocycles. The summed E-state index contributed by atoms with van der Waals surface area (Å²) in [5.41, 5.74) is 2.56. The fourth-order valence-corrected chi connectivity index (χ4v) is 2.70. The molecule has 0 unspecified atom stereocenters. The Morgan fingerprint density at radius 1 is 0.963 bits per heavy atom. The SMILES string of the molecule is COC(=O)[C@@H](Cc1ccc(OC)cc1)NC(=O)c1ccc(C(C)(C)C)cc1. The molecule has 0 saturated carbocycles. The van der Waals surface area contributed by atoms with Crippen LogP contribution in [0.15, 0.2) is 48.5 Å². The van der Waals surface area contributed by atoms with Gasteiger partial charge in [-0.25, -0.2) is 4.79 Å². The monoisotopic (exact) mass is 369 g/mol. The fourth-order valence-electron chi connectivity index (χ4n) is 2.70.